The number of benzene rings is 3. The number of nitrogens with one attached hydrogen (secondary N) is 2. The summed E-state index contributed by atoms with van der Waals surface area (Å²) in [5.41, 5.74) is 6.56. The molecule has 3 aliphatic rings. The number of rotatable bonds is 12. The van der Waals surface area contributed by atoms with E-state index in [-0.39, 0.29) is 29.8 Å². The monoisotopic (exact) mass is 941 g/mol. The average Bonchev–Trinajstić information content (AvgIpc) is 4.04. The number of carbonyl (C=O) groups excluding carboxylic acids is 1. The lowest BCUT2D eigenvalue weighted by Crippen LogP contribution is -2.47. The molecule has 2 aliphatic heterocycles. The standard InChI is InChI=1S/C45H48ClN9O8S2/c1-45(2)15-12-31(37(25-45)29-4-6-32(46)7-5-29)27-51-18-20-52(21-19-51)33-8-10-36(39(23-33)54-40-22-30-13-16-47-43(30)49-38(40)26-48-54)44(56)50-65(61,62)35-9-11-42(41(24-35)55(57)58)63-34-14-17-53(28-34)64(3,59)60/h4-11,13,16,22-24,26,34,48H,12,14-15,17-21,25,27-28H2,1-3H3,(H,50,56)/t34-/m1/s1. The number of nitro groups is 1. The van der Waals surface area contributed by atoms with Gasteiger partial charge in [0.25, 0.3) is 15.9 Å². The highest BCUT2D eigenvalue weighted by Gasteiger charge is 2.34. The molecular weight excluding hydrogens is 894 g/mol. The van der Waals surface area contributed by atoms with Crippen LogP contribution in [-0.2, 0) is 20.0 Å². The molecule has 2 fully saturated rings. The molecule has 1 atom stereocenters. The van der Waals surface area contributed by atoms with E-state index in [1.54, 1.807) is 29.2 Å². The Morgan fingerprint density at radius 3 is 2.49 bits per heavy atom. The normalized spacial score (nSPS) is 18.7. The summed E-state index contributed by atoms with van der Waals surface area (Å²) in [6, 6.07) is 20.1. The second-order valence-corrected chi connectivity index (χ2v) is 21.8. The predicted molar refractivity (Wildman–Crippen MR) is 249 cm³/mol. The van der Waals surface area contributed by atoms with Crippen molar-refractivity contribution >= 4 is 76.6 Å². The average molecular weight is 943 g/mol. The van der Waals surface area contributed by atoms with Crippen LogP contribution in [0.5, 0.6) is 5.75 Å². The van der Waals surface area contributed by atoms with Crippen molar-refractivity contribution < 1.29 is 31.3 Å². The number of aromatic amines is 1. The number of sulfonamides is 2. The lowest BCUT2D eigenvalue weighted by atomic mass is 9.72. The highest BCUT2D eigenvalue weighted by Crippen LogP contribution is 2.43. The Morgan fingerprint density at radius 1 is 1.00 bits per heavy atom. The van der Waals surface area contributed by atoms with Crippen LogP contribution in [0.15, 0.2) is 95.7 Å². The van der Waals surface area contributed by atoms with Crippen molar-refractivity contribution in [2.24, 2.45) is 5.41 Å². The first kappa shape index (κ1) is 44.3. The topological polar surface area (TPSA) is 206 Å². The number of aromatic nitrogens is 4. The van der Waals surface area contributed by atoms with E-state index in [9.17, 15) is 31.7 Å². The van der Waals surface area contributed by atoms with E-state index in [4.69, 9.17) is 16.3 Å². The van der Waals surface area contributed by atoms with Crippen LogP contribution in [-0.4, -0.2) is 115 Å². The smallest absolute Gasteiger partial charge is 0.312 e. The van der Waals surface area contributed by atoms with E-state index in [2.05, 4.69) is 55.6 Å². The first-order valence-corrected chi connectivity index (χ1v) is 25.0. The number of allylic oxidation sites excluding steroid dienone is 1. The summed E-state index contributed by atoms with van der Waals surface area (Å²) in [4.78, 5) is 38.7. The van der Waals surface area contributed by atoms with Gasteiger partial charge in [0.1, 0.15) is 11.6 Å². The third kappa shape index (κ3) is 9.33. The van der Waals surface area contributed by atoms with E-state index in [1.165, 1.54) is 21.0 Å². The molecule has 9 rings (SSSR count). The molecule has 0 bridgehead atoms. The maximum atomic E-state index is 14.2. The summed E-state index contributed by atoms with van der Waals surface area (Å²) in [7, 11) is -8.17. The minimum Gasteiger partial charge on any atom is -0.482 e. The summed E-state index contributed by atoms with van der Waals surface area (Å²) >= 11 is 6.25. The maximum absolute atomic E-state index is 14.2. The van der Waals surface area contributed by atoms with Crippen molar-refractivity contribution in [3.63, 3.8) is 0 Å². The van der Waals surface area contributed by atoms with Crippen LogP contribution in [0.3, 0.4) is 0 Å². The van der Waals surface area contributed by atoms with E-state index < -0.39 is 47.6 Å². The summed E-state index contributed by atoms with van der Waals surface area (Å²) < 4.78 is 62.5. The molecule has 3 aromatic carbocycles. The number of ether oxygens (including phenoxy) is 1. The molecule has 17 nitrogen and oxygen atoms in total. The lowest BCUT2D eigenvalue weighted by Gasteiger charge is -2.39. The molecular formula is C45H48ClN9O8S2. The molecule has 1 aliphatic carbocycles. The first-order chi connectivity index (χ1) is 30.9. The number of nitrogens with zero attached hydrogens (tertiary/aromatic N) is 7. The molecule has 65 heavy (non-hydrogen) atoms. The van der Waals surface area contributed by atoms with Crippen molar-refractivity contribution in [2.45, 2.75) is 50.5 Å². The van der Waals surface area contributed by atoms with Crippen LogP contribution in [0.2, 0.25) is 5.02 Å². The summed E-state index contributed by atoms with van der Waals surface area (Å²) in [6.45, 7) is 8.72. The van der Waals surface area contributed by atoms with Crippen molar-refractivity contribution in [1.29, 1.82) is 0 Å². The van der Waals surface area contributed by atoms with Crippen molar-refractivity contribution in [1.82, 2.24) is 33.7 Å². The first-order valence-electron chi connectivity index (χ1n) is 21.3. The number of piperazine rings is 1. The van der Waals surface area contributed by atoms with Gasteiger partial charge in [-0.2, -0.15) is 4.31 Å². The number of H-pyrrole nitrogens is 1. The zero-order valence-electron chi connectivity index (χ0n) is 36.0. The highest BCUT2D eigenvalue weighted by molar-refractivity contribution is 7.90. The van der Waals surface area contributed by atoms with Crippen molar-refractivity contribution in [3.8, 4) is 11.4 Å². The van der Waals surface area contributed by atoms with Crippen LogP contribution < -0.4 is 14.4 Å². The number of anilines is 1. The molecule has 0 unspecified atom stereocenters. The largest absolute Gasteiger partial charge is 0.482 e. The van der Waals surface area contributed by atoms with Gasteiger partial charge in [-0.25, -0.2) is 31.5 Å². The fraction of sp³-hybridized carbons (Fsp3) is 0.356. The van der Waals surface area contributed by atoms with Gasteiger partial charge in [-0.05, 0) is 96.8 Å². The van der Waals surface area contributed by atoms with Crippen LogP contribution in [0.1, 0.15) is 55.5 Å². The van der Waals surface area contributed by atoms with Gasteiger partial charge in [-0.15, -0.1) is 0 Å². The van der Waals surface area contributed by atoms with Crippen LogP contribution >= 0.6 is 11.6 Å². The van der Waals surface area contributed by atoms with Crippen molar-refractivity contribution in [2.75, 3.05) is 57.0 Å². The Kier molecular flexibility index (Phi) is 11.7. The van der Waals surface area contributed by atoms with E-state index in [0.29, 0.717) is 41.9 Å². The number of fused-ring (bicyclic) bond motifs is 2. The second-order valence-electron chi connectivity index (χ2n) is 17.7. The number of halogens is 1. The number of hydrogen-bond acceptors (Lipinski definition) is 12. The Balaban J connectivity index is 0.978. The summed E-state index contributed by atoms with van der Waals surface area (Å²) in [5.74, 6) is -1.19. The quantitative estimate of drug-likeness (QED) is 0.0963. The fourth-order valence-corrected chi connectivity index (χ4v) is 11.0. The van der Waals surface area contributed by atoms with Gasteiger partial charge >= 0.3 is 5.69 Å². The van der Waals surface area contributed by atoms with Crippen LogP contribution in [0, 0.1) is 15.5 Å². The zero-order valence-corrected chi connectivity index (χ0v) is 38.4. The highest BCUT2D eigenvalue weighted by atomic mass is 35.5. The van der Waals surface area contributed by atoms with E-state index >= 15 is 0 Å². The minimum absolute atomic E-state index is 0.00807. The molecule has 3 aromatic heterocycles. The van der Waals surface area contributed by atoms with Crippen LogP contribution in [0.4, 0.5) is 11.4 Å². The molecule has 0 saturated carbocycles. The molecule has 340 valence electrons. The van der Waals surface area contributed by atoms with Gasteiger partial charge in [0, 0.05) is 73.8 Å². The van der Waals surface area contributed by atoms with Crippen LogP contribution in [0.25, 0.3) is 33.3 Å². The van der Waals surface area contributed by atoms with Gasteiger partial charge in [0.2, 0.25) is 10.0 Å². The molecule has 5 heterocycles. The number of nitro benzene ring substituents is 1. The van der Waals surface area contributed by atoms with Crippen molar-refractivity contribution in [3.05, 3.63) is 117 Å². The molecule has 6 aromatic rings. The number of hydrogen-bond donors (Lipinski definition) is 2. The molecule has 2 N–H and O–H groups in total. The molecule has 1 amide bonds. The van der Waals surface area contributed by atoms with E-state index in [0.717, 1.165) is 79.4 Å². The Labute approximate surface area is 381 Å². The zero-order chi connectivity index (χ0) is 45.8. The number of amides is 1. The Hall–Kier alpha value is -5.86. The Bertz CT molecular complexity index is 3110. The van der Waals surface area contributed by atoms with Gasteiger partial charge in [0.15, 0.2) is 11.4 Å². The lowest BCUT2D eigenvalue weighted by molar-refractivity contribution is -0.386. The number of carbonyl (C=O) groups is 1. The summed E-state index contributed by atoms with van der Waals surface area (Å²) in [5, 5.41) is 16.9. The maximum Gasteiger partial charge on any atom is 0.312 e. The van der Waals surface area contributed by atoms with Gasteiger partial charge in [-0.1, -0.05) is 43.2 Å². The summed E-state index contributed by atoms with van der Waals surface area (Å²) in [6.07, 6.45) is 7.16. The molecule has 0 radical (unpaired) electrons. The predicted octanol–water partition coefficient (Wildman–Crippen LogP) is 6.78. The SMILES string of the molecule is CC1(C)CCC(CN2CCN(c3ccc(C(=O)NS(=O)(=O)c4ccc(O[C@@H]5CCN(S(C)(=O)=O)C5)c([N+](=O)[O-])c4)c(-n4[nH]cc5nc6nccc6cc54)c3)CC2)=C(c2ccc(Cl)cc2)C1. The van der Waals surface area contributed by atoms with Gasteiger partial charge in [-0.3, -0.25) is 29.6 Å². The number of pyridine rings is 1. The second kappa shape index (κ2) is 17.2. The van der Waals surface area contributed by atoms with E-state index in [1.807, 2.05) is 30.3 Å². The van der Waals surface area contributed by atoms with Gasteiger partial charge < -0.3 is 9.64 Å². The minimum atomic E-state index is -4.68. The van der Waals surface area contributed by atoms with Gasteiger partial charge in [0.05, 0.1) is 39.4 Å². The third-order valence-electron chi connectivity index (χ3n) is 12.6. The molecule has 20 heteroatoms. The third-order valence-corrected chi connectivity index (χ3v) is 15.4. The fourth-order valence-electron chi connectivity index (χ4n) is 9.02. The molecule has 2 saturated heterocycles. The Morgan fingerprint density at radius 2 is 1.77 bits per heavy atom. The molecule has 0 spiro atoms.